The first-order valence-electron chi connectivity index (χ1n) is 45.3. The number of aromatic nitrogens is 16. The maximum Gasteiger partial charge on any atom is 0.305 e. The first kappa shape index (κ1) is 103. The highest BCUT2D eigenvalue weighted by molar-refractivity contribution is 7.21. The van der Waals surface area contributed by atoms with Crippen LogP contribution < -0.4 is 10.4 Å². The normalized spacial score (nSPS) is 10.2. The zero-order valence-electron chi connectivity index (χ0n) is 80.0. The van der Waals surface area contributed by atoms with Crippen molar-refractivity contribution in [3.8, 4) is 44.8 Å². The molecule has 1 aliphatic rings. The van der Waals surface area contributed by atoms with Crippen LogP contribution in [0.1, 0.15) is 168 Å². The number of benzene rings is 13. The van der Waals surface area contributed by atoms with Crippen LogP contribution in [0, 0.1) is 55.4 Å². The van der Waals surface area contributed by atoms with E-state index in [2.05, 4.69) is 336 Å². The molecule has 0 atom stereocenters. The smallest absolute Gasteiger partial charge is 0.305 e. The van der Waals surface area contributed by atoms with Gasteiger partial charge < -0.3 is 8.83 Å². The number of nitrogens with one attached hydrogen (secondary N) is 2. The Hall–Kier alpha value is -14.1. The molecule has 670 valence electrons. The summed E-state index contributed by atoms with van der Waals surface area (Å²) in [6.45, 7) is 46.9. The van der Waals surface area contributed by atoms with Crippen LogP contribution in [0.25, 0.3) is 154 Å². The van der Waals surface area contributed by atoms with Crippen molar-refractivity contribution in [1.82, 2.24) is 81.1 Å². The van der Waals surface area contributed by atoms with E-state index in [0.29, 0.717) is 23.4 Å². The lowest BCUT2D eigenvalue weighted by atomic mass is 9.97. The summed E-state index contributed by atoms with van der Waals surface area (Å²) in [6.07, 6.45) is 7.01. The molecule has 0 fully saturated rings. The molecule has 0 spiro atoms. The van der Waals surface area contributed by atoms with Crippen molar-refractivity contribution in [3.05, 3.63) is 334 Å². The molecule has 22 rings (SSSR count). The predicted molar refractivity (Wildman–Crippen MR) is 555 cm³/mol. The molecule has 13 aromatic carbocycles. The molecule has 2 N–H and O–H groups in total. The highest BCUT2D eigenvalue weighted by Crippen LogP contribution is 2.32. The Morgan fingerprint density at radius 2 is 0.469 bits per heavy atom. The topological polar surface area (TPSA) is 238 Å². The van der Waals surface area contributed by atoms with E-state index in [1.54, 1.807) is 13.8 Å². The van der Waals surface area contributed by atoms with Crippen LogP contribution in [0.3, 0.4) is 0 Å². The number of H-pyrrole nitrogens is 2. The van der Waals surface area contributed by atoms with E-state index in [9.17, 15) is 0 Å². The molecular weight excluding hydrogens is 1640 g/mol. The van der Waals surface area contributed by atoms with Crippen LogP contribution in [0.4, 0.5) is 0 Å². The van der Waals surface area contributed by atoms with E-state index in [1.165, 1.54) is 143 Å². The van der Waals surface area contributed by atoms with Crippen LogP contribution >= 0.6 is 22.7 Å². The highest BCUT2D eigenvalue weighted by Gasteiger charge is 2.14. The third-order valence-electron chi connectivity index (χ3n) is 18.5. The fourth-order valence-electron chi connectivity index (χ4n) is 13.1. The molecule has 0 saturated heterocycles. The summed E-state index contributed by atoms with van der Waals surface area (Å²) in [7, 11) is 0. The Morgan fingerprint density at radius 3 is 0.669 bits per heavy atom. The van der Waals surface area contributed by atoms with E-state index in [-0.39, 0.29) is 11.8 Å². The molecule has 0 amide bonds. The lowest BCUT2D eigenvalue weighted by Gasteiger charge is -2.07. The number of rotatable bonds is 4. The second kappa shape index (κ2) is 55.5. The Balaban J connectivity index is 0.000000201. The summed E-state index contributed by atoms with van der Waals surface area (Å²) >= 11 is 3.08. The molecule has 21 aromatic rings. The van der Waals surface area contributed by atoms with Gasteiger partial charge in [-0.25, -0.2) is 9.97 Å². The third kappa shape index (κ3) is 30.0. The van der Waals surface area contributed by atoms with Gasteiger partial charge >= 0.3 is 11.8 Å². The van der Waals surface area contributed by atoms with Gasteiger partial charge in [0.2, 0.25) is 23.4 Å². The standard InChI is InChI=1S/C22H14.C18H12.C14H10.C12H12N2.C10H10.C6H8N6.C6H6N4O2.C6H6N4S2.8C2H6/c1-2-6-16-10-20-14-22-12-18-8-4-3-7-17(18)11-21(22)13-19(20)9-15(16)5-1;1-2-6-14-10-18-12-16-8-4-3-7-15(16)11-17(18)9-13(14)5-1;1-2-6-12-10-14-8-4-3-7-13(14)9-11(12)5-1;1-9-5-3-7-11(13-9)12-8-4-6-10(2)14-12;1-2-6-10-8-4-3-7-9(10)5-1;1-3-7-5(11-9-3)6-8-4(2)10-12-6;2*1-3-7-9-5(11-3)6-10-8-4(2)12-6;8*1-2/h1-14H;1-12H;1-10H;3-8H,1-2H3;1-2,5-8H,3-4H2;1-2H3,(H,7,9,11)(H,8,10,12);2*1-2H3;8*1-2H3. The van der Waals surface area contributed by atoms with Gasteiger partial charge in [0.15, 0.2) is 10.0 Å². The number of hydrogen-bond donors (Lipinski definition) is 2. The average molecular weight is 1770 g/mol. The molecular formula is C110H126N16O2S2. The number of pyridine rings is 2. The quantitative estimate of drug-likeness (QED) is 0.156. The largest absolute Gasteiger partial charge is 0.417 e. The van der Waals surface area contributed by atoms with Gasteiger partial charge in [-0.1, -0.05) is 328 Å². The summed E-state index contributed by atoms with van der Waals surface area (Å²) < 4.78 is 10.1. The van der Waals surface area contributed by atoms with Gasteiger partial charge in [-0.05, 0) is 259 Å². The molecule has 0 bridgehead atoms. The van der Waals surface area contributed by atoms with Gasteiger partial charge in [0.25, 0.3) is 0 Å². The van der Waals surface area contributed by atoms with Crippen LogP contribution in [0.2, 0.25) is 0 Å². The summed E-state index contributed by atoms with van der Waals surface area (Å²) in [5, 5.41) is 73.7. The van der Waals surface area contributed by atoms with E-state index < -0.39 is 0 Å². The SMILES string of the molecule is C1=c2ccccc2=CCC1.CC.CC.CC.CC.CC.CC.CC.CC.Cc1cccc(-c2cccc(C)n2)n1.Cc1nc(-c2n[nH]c(C)n2)n[nH]1.Cc1nnc(-c2nnc(C)o2)o1.Cc1nnc(-c2nnc(C)s2)s1.c1ccc2cc3cc4cc5ccccc5cc4cc3cc2c1.c1ccc2cc3cc4ccccc4cc3cc2c1.c1ccc2cc3ccccc3cc2c1. The minimum absolute atomic E-state index is 0.258. The van der Waals surface area contributed by atoms with Crippen molar-refractivity contribution in [3.63, 3.8) is 0 Å². The monoisotopic (exact) mass is 1770 g/mol. The Bertz CT molecular complexity index is 6260. The predicted octanol–water partition coefficient (Wildman–Crippen LogP) is 30.1. The van der Waals surface area contributed by atoms with Crippen LogP contribution in [0.15, 0.2) is 288 Å². The highest BCUT2D eigenvalue weighted by atomic mass is 32.1. The van der Waals surface area contributed by atoms with Crippen LogP contribution in [-0.4, -0.2) is 81.1 Å². The second-order valence-corrected chi connectivity index (χ2v) is 29.5. The van der Waals surface area contributed by atoms with Crippen molar-refractivity contribution < 1.29 is 8.83 Å². The molecule has 18 nitrogen and oxygen atoms in total. The Labute approximate surface area is 774 Å². The maximum absolute atomic E-state index is 5.06. The fraction of sp³-hybridized carbons (Fsp3) is 0.236. The molecule has 20 heteroatoms. The molecule has 130 heavy (non-hydrogen) atoms. The van der Waals surface area contributed by atoms with Crippen molar-refractivity contribution >= 4 is 132 Å². The fourth-order valence-corrected chi connectivity index (χ4v) is 14.4. The van der Waals surface area contributed by atoms with Crippen molar-refractivity contribution in [1.29, 1.82) is 0 Å². The Kier molecular flexibility index (Phi) is 44.0. The summed E-state index contributed by atoms with van der Waals surface area (Å²) in [6, 6.07) is 98.9. The van der Waals surface area contributed by atoms with E-state index in [4.69, 9.17) is 8.83 Å². The maximum atomic E-state index is 5.06. The lowest BCUT2D eigenvalue weighted by molar-refractivity contribution is 0.478. The van der Waals surface area contributed by atoms with E-state index in [0.717, 1.165) is 54.5 Å². The molecule has 0 aliphatic heterocycles. The minimum atomic E-state index is 0.258. The Morgan fingerprint density at radius 1 is 0.238 bits per heavy atom. The number of nitrogens with zero attached hydrogens (tertiary/aromatic N) is 14. The average Bonchev–Trinajstić information content (AvgIpc) is 1.48. The molecule has 8 aromatic heterocycles. The van der Waals surface area contributed by atoms with Crippen molar-refractivity contribution in [2.24, 2.45) is 0 Å². The first-order chi connectivity index (χ1) is 63.7. The molecule has 1 aliphatic carbocycles. The number of aromatic amines is 2. The summed E-state index contributed by atoms with van der Waals surface area (Å²) in [5.41, 5.74) is 3.92. The van der Waals surface area contributed by atoms with E-state index >= 15 is 0 Å². The van der Waals surface area contributed by atoms with Gasteiger partial charge in [-0.2, -0.15) is 0 Å². The van der Waals surface area contributed by atoms with Crippen LogP contribution in [-0.2, 0) is 0 Å². The lowest BCUT2D eigenvalue weighted by Crippen LogP contribution is -2.25. The van der Waals surface area contributed by atoms with Gasteiger partial charge in [0.1, 0.15) is 21.7 Å². The number of hydrogen-bond acceptors (Lipinski definition) is 18. The van der Waals surface area contributed by atoms with Crippen LogP contribution in [0.5, 0.6) is 0 Å². The zero-order valence-corrected chi connectivity index (χ0v) is 81.7. The third-order valence-corrected chi connectivity index (χ3v) is 20.3. The summed E-state index contributed by atoms with van der Waals surface area (Å²) in [5.74, 6) is 4.02. The zero-order chi connectivity index (χ0) is 94.3. The molecule has 0 radical (unpaired) electrons. The second-order valence-electron chi connectivity index (χ2n) is 27.2. The van der Waals surface area contributed by atoms with E-state index in [1.807, 2.05) is 189 Å². The number of fused-ring (bicyclic) bond motifs is 10. The van der Waals surface area contributed by atoms with Gasteiger partial charge in [-0.15, -0.1) is 51.0 Å². The summed E-state index contributed by atoms with van der Waals surface area (Å²) in [4.78, 5) is 17.0. The minimum Gasteiger partial charge on any atom is -0.417 e. The first-order valence-corrected chi connectivity index (χ1v) is 46.9. The number of aryl methyl sites for hydroxylation is 8. The van der Waals surface area contributed by atoms with Crippen molar-refractivity contribution in [2.45, 2.75) is 179 Å². The molecule has 0 saturated carbocycles. The molecule has 8 heterocycles. The van der Waals surface area contributed by atoms with Gasteiger partial charge in [-0.3, -0.25) is 20.2 Å². The van der Waals surface area contributed by atoms with Gasteiger partial charge in [0.05, 0.1) is 11.4 Å². The van der Waals surface area contributed by atoms with Gasteiger partial charge in [0, 0.05) is 25.2 Å². The van der Waals surface area contributed by atoms with Crippen molar-refractivity contribution in [2.75, 3.05) is 0 Å². The molecule has 0 unspecified atom stereocenters.